The Hall–Kier alpha value is -2.94. The van der Waals surface area contributed by atoms with Gasteiger partial charge in [0.05, 0.1) is 5.02 Å². The lowest BCUT2D eigenvalue weighted by molar-refractivity contribution is -0.153. The molecule has 24 heavy (non-hydrogen) atoms. The third kappa shape index (κ3) is 4.78. The number of halogens is 1. The molecule has 0 radical (unpaired) electrons. The molecule has 1 atom stereocenters. The van der Waals surface area contributed by atoms with Crippen molar-refractivity contribution in [2.45, 2.75) is 19.6 Å². The lowest BCUT2D eigenvalue weighted by atomic mass is 10.3. The lowest BCUT2D eigenvalue weighted by Crippen LogP contribution is -2.35. The van der Waals surface area contributed by atoms with Gasteiger partial charge in [-0.1, -0.05) is 11.6 Å². The molecule has 0 saturated carbocycles. The van der Waals surface area contributed by atoms with Crippen LogP contribution in [0.5, 0.6) is 0 Å². The minimum absolute atomic E-state index is 0.254. The molecule has 0 spiro atoms. The average molecular weight is 353 g/mol. The number of hydrogen-bond acceptors (Lipinski definition) is 6. The first-order valence-corrected chi connectivity index (χ1v) is 7.14. The van der Waals surface area contributed by atoms with Gasteiger partial charge >= 0.3 is 11.7 Å². The van der Waals surface area contributed by atoms with Crippen molar-refractivity contribution >= 4 is 29.3 Å². The molecule has 126 valence electrons. The van der Waals surface area contributed by atoms with Crippen molar-refractivity contribution in [2.75, 3.05) is 5.32 Å². The first-order valence-electron chi connectivity index (χ1n) is 6.77. The van der Waals surface area contributed by atoms with Crippen molar-refractivity contribution in [3.8, 4) is 0 Å². The van der Waals surface area contributed by atoms with E-state index in [-0.39, 0.29) is 5.82 Å². The Balaban J connectivity index is 1.92. The van der Waals surface area contributed by atoms with Gasteiger partial charge in [0.1, 0.15) is 12.4 Å². The van der Waals surface area contributed by atoms with Crippen LogP contribution in [0.1, 0.15) is 6.92 Å². The average Bonchev–Trinajstić information content (AvgIpc) is 2.52. The fourth-order valence-corrected chi connectivity index (χ4v) is 1.79. The molecule has 0 unspecified atom stereocenters. The summed E-state index contributed by atoms with van der Waals surface area (Å²) in [4.78, 5) is 52.0. The Morgan fingerprint density at radius 1 is 1.38 bits per heavy atom. The number of hydrogen-bond donors (Lipinski definition) is 2. The molecule has 0 aliphatic carbocycles. The van der Waals surface area contributed by atoms with Crippen LogP contribution in [0.25, 0.3) is 0 Å². The van der Waals surface area contributed by atoms with Crippen LogP contribution in [0, 0.1) is 0 Å². The Labute approximate surface area is 140 Å². The van der Waals surface area contributed by atoms with Crippen molar-refractivity contribution in [3.05, 3.63) is 56.5 Å². The van der Waals surface area contributed by atoms with Crippen LogP contribution in [0.3, 0.4) is 0 Å². The standard InChI is InChI=1S/C14H13ClN4O5/c1-8(13(22)17-10-3-2-9(15)6-16-10)24-12(21)7-19-5-4-11(20)18-14(19)23/h2-6,8H,7H2,1H3,(H,16,17,22)(H,18,20,23)/t8-/m1/s1. The number of nitrogens with one attached hydrogen (secondary N) is 2. The van der Waals surface area contributed by atoms with Crippen LogP contribution in [0.2, 0.25) is 5.02 Å². The summed E-state index contributed by atoms with van der Waals surface area (Å²) in [5.74, 6) is -1.15. The quantitative estimate of drug-likeness (QED) is 0.739. The van der Waals surface area contributed by atoms with Crippen molar-refractivity contribution in [3.63, 3.8) is 0 Å². The number of anilines is 1. The summed E-state index contributed by atoms with van der Waals surface area (Å²) in [5, 5.41) is 2.87. The molecule has 0 fully saturated rings. The summed E-state index contributed by atoms with van der Waals surface area (Å²) >= 11 is 5.68. The van der Waals surface area contributed by atoms with Crippen LogP contribution < -0.4 is 16.6 Å². The monoisotopic (exact) mass is 352 g/mol. The van der Waals surface area contributed by atoms with E-state index in [2.05, 4.69) is 10.3 Å². The van der Waals surface area contributed by atoms with Gasteiger partial charge in [0, 0.05) is 18.5 Å². The molecule has 2 rings (SSSR count). The Kier molecular flexibility index (Phi) is 5.48. The maximum absolute atomic E-state index is 11.9. The predicted octanol–water partition coefficient (Wildman–Crippen LogP) is 0.155. The molecule has 1 amide bonds. The number of pyridine rings is 1. The molecule has 2 aromatic heterocycles. The van der Waals surface area contributed by atoms with Gasteiger partial charge in [0.15, 0.2) is 6.10 Å². The van der Waals surface area contributed by atoms with Crippen LogP contribution in [0.4, 0.5) is 5.82 Å². The zero-order chi connectivity index (χ0) is 17.7. The topological polar surface area (TPSA) is 123 Å². The van der Waals surface area contributed by atoms with E-state index in [4.69, 9.17) is 16.3 Å². The van der Waals surface area contributed by atoms with E-state index >= 15 is 0 Å². The van der Waals surface area contributed by atoms with Crippen molar-refractivity contribution in [1.29, 1.82) is 0 Å². The highest BCUT2D eigenvalue weighted by molar-refractivity contribution is 6.30. The minimum atomic E-state index is -1.10. The van der Waals surface area contributed by atoms with Crippen LogP contribution in [0.15, 0.2) is 40.2 Å². The number of esters is 1. The van der Waals surface area contributed by atoms with Crippen LogP contribution in [-0.2, 0) is 20.9 Å². The second-order valence-electron chi connectivity index (χ2n) is 4.72. The highest BCUT2D eigenvalue weighted by Gasteiger charge is 2.18. The van der Waals surface area contributed by atoms with E-state index < -0.39 is 35.8 Å². The van der Waals surface area contributed by atoms with Gasteiger partial charge in [-0.2, -0.15) is 0 Å². The number of rotatable bonds is 5. The maximum atomic E-state index is 11.9. The van der Waals surface area contributed by atoms with E-state index in [0.717, 1.165) is 16.8 Å². The third-order valence-electron chi connectivity index (χ3n) is 2.85. The number of carbonyl (C=O) groups is 2. The zero-order valence-corrected chi connectivity index (χ0v) is 13.2. The molecular formula is C14H13ClN4O5. The number of amides is 1. The summed E-state index contributed by atoms with van der Waals surface area (Å²) in [6.07, 6.45) is 1.41. The molecule has 2 heterocycles. The van der Waals surface area contributed by atoms with E-state index in [9.17, 15) is 19.2 Å². The molecular weight excluding hydrogens is 340 g/mol. The maximum Gasteiger partial charge on any atom is 0.328 e. The van der Waals surface area contributed by atoms with Gasteiger partial charge in [0.25, 0.3) is 11.5 Å². The number of aromatic nitrogens is 3. The molecule has 9 nitrogen and oxygen atoms in total. The van der Waals surface area contributed by atoms with E-state index in [1.165, 1.54) is 19.2 Å². The first kappa shape index (κ1) is 17.4. The van der Waals surface area contributed by atoms with Crippen molar-refractivity contribution in [1.82, 2.24) is 14.5 Å². The van der Waals surface area contributed by atoms with E-state index in [1.807, 2.05) is 4.98 Å². The van der Waals surface area contributed by atoms with Gasteiger partial charge in [-0.3, -0.25) is 23.9 Å². The minimum Gasteiger partial charge on any atom is -0.451 e. The summed E-state index contributed by atoms with van der Waals surface area (Å²) < 4.78 is 5.89. The smallest absolute Gasteiger partial charge is 0.328 e. The summed E-state index contributed by atoms with van der Waals surface area (Å²) in [5.41, 5.74) is -1.32. The summed E-state index contributed by atoms with van der Waals surface area (Å²) in [6.45, 7) is 0.936. The number of carbonyl (C=O) groups excluding carboxylic acids is 2. The Morgan fingerprint density at radius 3 is 2.75 bits per heavy atom. The van der Waals surface area contributed by atoms with Crippen molar-refractivity contribution in [2.24, 2.45) is 0 Å². The zero-order valence-electron chi connectivity index (χ0n) is 12.5. The largest absolute Gasteiger partial charge is 0.451 e. The molecule has 0 aliphatic heterocycles. The second kappa shape index (κ2) is 7.55. The number of nitrogens with zero attached hydrogens (tertiary/aromatic N) is 2. The van der Waals surface area contributed by atoms with Gasteiger partial charge < -0.3 is 10.1 Å². The Morgan fingerprint density at radius 2 is 2.12 bits per heavy atom. The second-order valence-corrected chi connectivity index (χ2v) is 5.16. The highest BCUT2D eigenvalue weighted by Crippen LogP contribution is 2.10. The molecule has 10 heteroatoms. The molecule has 2 aromatic rings. The molecule has 0 bridgehead atoms. The first-order chi connectivity index (χ1) is 11.3. The number of H-pyrrole nitrogens is 1. The normalized spacial score (nSPS) is 11.6. The number of ether oxygens (including phenoxy) is 1. The lowest BCUT2D eigenvalue weighted by Gasteiger charge is -2.13. The fraction of sp³-hybridized carbons (Fsp3) is 0.214. The summed E-state index contributed by atoms with van der Waals surface area (Å²) in [7, 11) is 0. The van der Waals surface area contributed by atoms with Gasteiger partial charge in [-0.25, -0.2) is 9.78 Å². The molecule has 0 aliphatic rings. The number of aromatic amines is 1. The highest BCUT2D eigenvalue weighted by atomic mass is 35.5. The van der Waals surface area contributed by atoms with Crippen LogP contribution in [-0.4, -0.2) is 32.5 Å². The fourth-order valence-electron chi connectivity index (χ4n) is 1.67. The third-order valence-corrected chi connectivity index (χ3v) is 3.08. The van der Waals surface area contributed by atoms with Gasteiger partial charge in [0.2, 0.25) is 0 Å². The van der Waals surface area contributed by atoms with E-state index in [1.54, 1.807) is 6.07 Å². The predicted molar refractivity (Wildman–Crippen MR) is 84.8 cm³/mol. The molecule has 2 N–H and O–H groups in total. The Bertz CT molecular complexity index is 858. The molecule has 0 aromatic carbocycles. The molecule has 0 saturated heterocycles. The van der Waals surface area contributed by atoms with Gasteiger partial charge in [-0.05, 0) is 19.1 Å². The summed E-state index contributed by atoms with van der Waals surface area (Å²) in [6, 6.07) is 4.13. The van der Waals surface area contributed by atoms with E-state index in [0.29, 0.717) is 5.02 Å². The SMILES string of the molecule is C[C@@H](OC(=O)Cn1ccc(=O)[nH]c1=O)C(=O)Nc1ccc(Cl)cn1. The van der Waals surface area contributed by atoms with Crippen molar-refractivity contribution < 1.29 is 14.3 Å². The van der Waals surface area contributed by atoms with Crippen LogP contribution >= 0.6 is 11.6 Å². The van der Waals surface area contributed by atoms with Gasteiger partial charge in [-0.15, -0.1) is 0 Å².